The van der Waals surface area contributed by atoms with Crippen LogP contribution in [0.3, 0.4) is 0 Å². The Kier molecular flexibility index (Phi) is 12.1. The monoisotopic (exact) mass is 592 g/mol. The minimum absolute atomic E-state index is 0.191. The van der Waals surface area contributed by atoms with Gasteiger partial charge in [-0.25, -0.2) is 4.79 Å². The molecule has 0 unspecified atom stereocenters. The van der Waals surface area contributed by atoms with Gasteiger partial charge >= 0.3 is 17.9 Å². The van der Waals surface area contributed by atoms with E-state index >= 15 is 0 Å². The number of amides is 1. The predicted molar refractivity (Wildman–Crippen MR) is 146 cm³/mol. The van der Waals surface area contributed by atoms with E-state index in [0.29, 0.717) is 24.3 Å². The van der Waals surface area contributed by atoms with Crippen LogP contribution in [0.2, 0.25) is 0 Å². The van der Waals surface area contributed by atoms with E-state index < -0.39 is 47.9 Å². The number of hydrogen-bond donors (Lipinski definition) is 6. The molecule has 1 heterocycles. The van der Waals surface area contributed by atoms with Gasteiger partial charge in [-0.05, 0) is 36.6 Å². The molecule has 0 bridgehead atoms. The lowest BCUT2D eigenvalue weighted by Gasteiger charge is -2.39. The predicted octanol–water partition coefficient (Wildman–Crippen LogP) is 0.803. The van der Waals surface area contributed by atoms with E-state index in [0.717, 1.165) is 36.5 Å². The summed E-state index contributed by atoms with van der Waals surface area (Å²) in [5.74, 6) is -3.79. The Balaban J connectivity index is 0.000000401. The Morgan fingerprint density at radius 2 is 1.48 bits per heavy atom. The minimum atomic E-state index is -2.74. The van der Waals surface area contributed by atoms with Crippen molar-refractivity contribution in [2.45, 2.75) is 43.4 Å². The molecule has 0 aromatic heterocycles. The fourth-order valence-electron chi connectivity index (χ4n) is 4.43. The molecule has 2 aromatic rings. The number of carbonyl (C=O) groups is 4. The number of carboxylic acids is 3. The fourth-order valence-corrected chi connectivity index (χ4v) is 4.43. The lowest BCUT2D eigenvalue weighted by atomic mass is 9.84. The second-order valence-electron chi connectivity index (χ2n) is 9.73. The first-order chi connectivity index (χ1) is 19.7. The van der Waals surface area contributed by atoms with Crippen molar-refractivity contribution in [1.29, 1.82) is 0 Å². The number of nitrogens with two attached hydrogens (primary N) is 1. The number of methoxy groups -OCH3 is 2. The molecule has 0 saturated carbocycles. The van der Waals surface area contributed by atoms with E-state index in [1.807, 2.05) is 36.4 Å². The molecule has 1 aliphatic heterocycles. The van der Waals surface area contributed by atoms with E-state index in [1.54, 1.807) is 20.3 Å². The standard InChI is InChI=1S/C22H28N2O5.C6H8O7/c1-27-18-6-4-3-5-17(18)22(26)9-11-24(12-10-22)14-16-7-8-19(20(13-16)28-2)29-15-21(23)25;7-3(8)1-6(13,5(11)12)2-4(9)10/h3-8,13,26H,9-12,14-15H2,1-2H3,(H2,23,25);13H,1-2H2,(H,7,8)(H,9,10)(H,11,12). The number of aliphatic carboxylic acids is 3. The number of aliphatic hydroxyl groups is 2. The number of benzene rings is 2. The number of para-hydroxylation sites is 1. The van der Waals surface area contributed by atoms with Gasteiger partial charge in [0.1, 0.15) is 5.75 Å². The number of hydrogen-bond acceptors (Lipinski definition) is 10. The normalized spacial score (nSPS) is 14.6. The summed E-state index contributed by atoms with van der Waals surface area (Å²) in [6, 6.07) is 13.3. The number of rotatable bonds is 13. The molecule has 0 radical (unpaired) electrons. The highest BCUT2D eigenvalue weighted by Crippen LogP contribution is 2.38. The van der Waals surface area contributed by atoms with Crippen molar-refractivity contribution in [2.24, 2.45) is 5.73 Å². The molecule has 2 aromatic carbocycles. The van der Waals surface area contributed by atoms with Gasteiger partial charge in [-0.15, -0.1) is 0 Å². The second-order valence-corrected chi connectivity index (χ2v) is 9.73. The summed E-state index contributed by atoms with van der Waals surface area (Å²) in [5, 5.41) is 45.0. The Morgan fingerprint density at radius 3 is 1.98 bits per heavy atom. The zero-order valence-corrected chi connectivity index (χ0v) is 23.3. The van der Waals surface area contributed by atoms with Crippen LogP contribution in [0.25, 0.3) is 0 Å². The van der Waals surface area contributed by atoms with Crippen LogP contribution in [0.15, 0.2) is 42.5 Å². The van der Waals surface area contributed by atoms with E-state index in [-0.39, 0.29) is 6.61 Å². The van der Waals surface area contributed by atoms with E-state index in [1.165, 1.54) is 0 Å². The van der Waals surface area contributed by atoms with Crippen LogP contribution in [-0.2, 0) is 31.3 Å². The number of nitrogens with zero attached hydrogens (tertiary/aromatic N) is 1. The van der Waals surface area contributed by atoms with E-state index in [4.69, 9.17) is 40.4 Å². The molecule has 3 rings (SSSR count). The highest BCUT2D eigenvalue weighted by molar-refractivity contribution is 5.88. The molecule has 0 aliphatic carbocycles. The van der Waals surface area contributed by atoms with E-state index in [2.05, 4.69) is 4.90 Å². The number of likely N-dealkylation sites (tertiary alicyclic amines) is 1. The first-order valence-electron chi connectivity index (χ1n) is 12.8. The first-order valence-corrected chi connectivity index (χ1v) is 12.8. The summed E-state index contributed by atoms with van der Waals surface area (Å²) in [6.45, 7) is 2.06. The lowest BCUT2D eigenvalue weighted by molar-refractivity contribution is -0.170. The molecule has 1 saturated heterocycles. The number of carboxylic acid groups (broad SMARTS) is 3. The van der Waals surface area contributed by atoms with Crippen molar-refractivity contribution < 1.29 is 58.9 Å². The molecule has 0 atom stereocenters. The van der Waals surface area contributed by atoms with Gasteiger partial charge in [0.25, 0.3) is 5.91 Å². The van der Waals surface area contributed by atoms with Crippen LogP contribution in [0.4, 0.5) is 0 Å². The van der Waals surface area contributed by atoms with Gasteiger partial charge in [-0.3, -0.25) is 19.3 Å². The van der Waals surface area contributed by atoms with Crippen molar-refractivity contribution in [3.63, 3.8) is 0 Å². The Labute approximate surface area is 241 Å². The molecule has 1 aliphatic rings. The molecular formula is C28H36N2O12. The Bertz CT molecular complexity index is 1240. The topological polar surface area (TPSA) is 226 Å². The molecule has 1 amide bonds. The maximum absolute atomic E-state index is 11.2. The highest BCUT2D eigenvalue weighted by Gasteiger charge is 2.41. The maximum atomic E-state index is 11.2. The van der Waals surface area contributed by atoms with Crippen LogP contribution >= 0.6 is 0 Å². The summed E-state index contributed by atoms with van der Waals surface area (Å²) < 4.78 is 16.2. The van der Waals surface area contributed by atoms with Crippen molar-refractivity contribution in [3.8, 4) is 17.2 Å². The lowest BCUT2D eigenvalue weighted by Crippen LogP contribution is -2.42. The molecule has 42 heavy (non-hydrogen) atoms. The van der Waals surface area contributed by atoms with Gasteiger partial charge in [-0.1, -0.05) is 24.3 Å². The highest BCUT2D eigenvalue weighted by atomic mass is 16.5. The van der Waals surface area contributed by atoms with Crippen molar-refractivity contribution in [2.75, 3.05) is 33.9 Å². The summed E-state index contributed by atoms with van der Waals surface area (Å²) in [5.41, 5.74) is 3.42. The first kappa shape index (κ1) is 33.8. The second kappa shape index (κ2) is 15.0. The minimum Gasteiger partial charge on any atom is -0.496 e. The summed E-state index contributed by atoms with van der Waals surface area (Å²) >= 11 is 0. The third kappa shape index (κ3) is 9.61. The van der Waals surface area contributed by atoms with Crippen LogP contribution < -0.4 is 19.9 Å². The molecule has 1 fully saturated rings. The number of ether oxygens (including phenoxy) is 3. The van der Waals surface area contributed by atoms with Gasteiger partial charge in [0.15, 0.2) is 23.7 Å². The van der Waals surface area contributed by atoms with Crippen LogP contribution in [0.5, 0.6) is 17.2 Å². The largest absolute Gasteiger partial charge is 0.496 e. The zero-order valence-electron chi connectivity index (χ0n) is 23.3. The van der Waals surface area contributed by atoms with Gasteiger partial charge in [0.2, 0.25) is 0 Å². The zero-order chi connectivity index (χ0) is 31.5. The summed E-state index contributed by atoms with van der Waals surface area (Å²) in [4.78, 5) is 43.7. The van der Waals surface area contributed by atoms with Gasteiger partial charge in [0.05, 0.1) is 32.7 Å². The fraction of sp³-hybridized carbons (Fsp3) is 0.429. The van der Waals surface area contributed by atoms with Crippen molar-refractivity contribution in [1.82, 2.24) is 4.90 Å². The smallest absolute Gasteiger partial charge is 0.336 e. The number of carbonyl (C=O) groups excluding carboxylic acids is 1. The third-order valence-corrected chi connectivity index (χ3v) is 6.58. The molecular weight excluding hydrogens is 556 g/mol. The Morgan fingerprint density at radius 1 is 0.905 bits per heavy atom. The van der Waals surface area contributed by atoms with E-state index in [9.17, 15) is 24.3 Å². The van der Waals surface area contributed by atoms with Gasteiger partial charge < -0.3 is 45.5 Å². The average molecular weight is 593 g/mol. The SMILES string of the molecule is COc1cc(CN2CCC(O)(c3ccccc3OC)CC2)ccc1OCC(N)=O.O=C(O)CC(O)(CC(=O)O)C(=O)O. The third-order valence-electron chi connectivity index (χ3n) is 6.58. The Hall–Kier alpha value is -4.40. The molecule has 14 nitrogen and oxygen atoms in total. The molecule has 0 spiro atoms. The quantitative estimate of drug-likeness (QED) is 0.189. The number of piperidine rings is 1. The van der Waals surface area contributed by atoms with Crippen LogP contribution in [-0.4, -0.2) is 93.8 Å². The summed E-state index contributed by atoms with van der Waals surface area (Å²) in [6.07, 6.45) is -1.03. The van der Waals surface area contributed by atoms with Crippen LogP contribution in [0, 0.1) is 0 Å². The summed E-state index contributed by atoms with van der Waals surface area (Å²) in [7, 11) is 3.19. The average Bonchev–Trinajstić information content (AvgIpc) is 2.93. The molecule has 14 heteroatoms. The maximum Gasteiger partial charge on any atom is 0.336 e. The molecule has 7 N–H and O–H groups in total. The van der Waals surface area contributed by atoms with Crippen LogP contribution in [0.1, 0.15) is 36.8 Å². The van der Waals surface area contributed by atoms with Gasteiger partial charge in [0, 0.05) is 25.2 Å². The van der Waals surface area contributed by atoms with Crippen molar-refractivity contribution >= 4 is 23.8 Å². The molecule has 230 valence electrons. The van der Waals surface area contributed by atoms with Crippen molar-refractivity contribution in [3.05, 3.63) is 53.6 Å². The number of primary amides is 1. The van der Waals surface area contributed by atoms with Gasteiger partial charge in [-0.2, -0.15) is 0 Å².